The van der Waals surface area contributed by atoms with E-state index < -0.39 is 13.9 Å². The van der Waals surface area contributed by atoms with Crippen molar-refractivity contribution in [1.29, 1.82) is 0 Å². The molecule has 0 amide bonds. The lowest BCUT2D eigenvalue weighted by Crippen LogP contribution is -2.37. The minimum absolute atomic E-state index is 0.0185. The van der Waals surface area contributed by atoms with Gasteiger partial charge in [-0.2, -0.15) is 0 Å². The molecule has 0 aromatic heterocycles. The number of allylic oxidation sites excluding steroid dienone is 10. The van der Waals surface area contributed by atoms with Crippen LogP contribution in [0.4, 0.5) is 0 Å². The Kier molecular flexibility index (Phi) is 40.6. The fraction of sp³-hybridized carbons (Fsp3) is 0.776. The largest absolute Gasteiger partial charge is 0.756 e. The number of phosphoric acid groups is 1. The summed E-state index contributed by atoms with van der Waals surface area (Å²) in [6.45, 7) is 5.31. The Hall–Kier alpha value is -1.80. The molecular weight excluding hydrogens is 746 g/mol. The first-order valence-corrected chi connectivity index (χ1v) is 25.0. The van der Waals surface area contributed by atoms with Crippen LogP contribution in [0.15, 0.2) is 60.8 Å². The highest BCUT2D eigenvalue weighted by Crippen LogP contribution is 2.38. The summed E-state index contributed by atoms with van der Waals surface area (Å²) < 4.78 is 34.6. The Balaban J connectivity index is 4.25. The van der Waals surface area contributed by atoms with Crippen molar-refractivity contribution in [3.05, 3.63) is 60.8 Å². The second kappa shape index (κ2) is 41.9. The number of hydrogen-bond donors (Lipinski definition) is 0. The average molecular weight is 836 g/mol. The number of carbonyl (C=O) groups excluding carboxylic acids is 1. The molecule has 8 nitrogen and oxygen atoms in total. The Morgan fingerprint density at radius 1 is 0.534 bits per heavy atom. The van der Waals surface area contributed by atoms with Gasteiger partial charge in [0.2, 0.25) is 0 Å². The van der Waals surface area contributed by atoms with E-state index in [0.29, 0.717) is 24.1 Å². The van der Waals surface area contributed by atoms with Crippen LogP contribution >= 0.6 is 7.82 Å². The van der Waals surface area contributed by atoms with E-state index in [1.807, 2.05) is 21.1 Å². The maximum absolute atomic E-state index is 12.7. The lowest BCUT2D eigenvalue weighted by atomic mass is 10.1. The molecule has 0 radical (unpaired) electrons. The van der Waals surface area contributed by atoms with E-state index in [9.17, 15) is 14.3 Å². The van der Waals surface area contributed by atoms with Crippen molar-refractivity contribution < 1.29 is 37.3 Å². The van der Waals surface area contributed by atoms with Crippen LogP contribution in [-0.4, -0.2) is 70.7 Å². The van der Waals surface area contributed by atoms with Crippen molar-refractivity contribution in [2.24, 2.45) is 0 Å². The Labute approximate surface area is 358 Å². The molecule has 0 aliphatic carbocycles. The number of esters is 1. The number of unbranched alkanes of at least 4 members (excludes halogenated alkanes) is 19. The molecule has 58 heavy (non-hydrogen) atoms. The van der Waals surface area contributed by atoms with Crippen LogP contribution in [0.1, 0.15) is 187 Å². The average Bonchev–Trinajstić information content (AvgIpc) is 3.18. The van der Waals surface area contributed by atoms with E-state index >= 15 is 0 Å². The van der Waals surface area contributed by atoms with E-state index in [-0.39, 0.29) is 25.8 Å². The van der Waals surface area contributed by atoms with Crippen LogP contribution in [0.3, 0.4) is 0 Å². The molecule has 0 spiro atoms. The van der Waals surface area contributed by atoms with Crippen LogP contribution < -0.4 is 4.89 Å². The van der Waals surface area contributed by atoms with Crippen molar-refractivity contribution in [2.45, 2.75) is 193 Å². The monoisotopic (exact) mass is 836 g/mol. The van der Waals surface area contributed by atoms with Gasteiger partial charge in [-0.1, -0.05) is 164 Å². The minimum Gasteiger partial charge on any atom is -0.756 e. The quantitative estimate of drug-likeness (QED) is 0.0198. The second-order valence-electron chi connectivity index (χ2n) is 16.8. The molecule has 2 unspecified atom stereocenters. The second-order valence-corrected chi connectivity index (χ2v) is 18.2. The number of hydrogen-bond acceptors (Lipinski definition) is 7. The first kappa shape index (κ1) is 56.2. The van der Waals surface area contributed by atoms with Gasteiger partial charge in [-0.05, 0) is 77.0 Å². The summed E-state index contributed by atoms with van der Waals surface area (Å²) >= 11 is 0. The van der Waals surface area contributed by atoms with E-state index in [0.717, 1.165) is 77.0 Å². The summed E-state index contributed by atoms with van der Waals surface area (Å²) in [7, 11) is 1.33. The molecule has 0 aromatic rings. The fourth-order valence-corrected chi connectivity index (χ4v) is 6.83. The van der Waals surface area contributed by atoms with Gasteiger partial charge in [0.25, 0.3) is 7.82 Å². The fourth-order valence-electron chi connectivity index (χ4n) is 6.10. The molecule has 0 saturated carbocycles. The Morgan fingerprint density at radius 2 is 0.966 bits per heavy atom. The maximum Gasteiger partial charge on any atom is 0.306 e. The highest BCUT2D eigenvalue weighted by molar-refractivity contribution is 7.45. The summed E-state index contributed by atoms with van der Waals surface area (Å²) in [5, 5.41) is 0. The van der Waals surface area contributed by atoms with E-state index in [4.69, 9.17) is 18.5 Å². The van der Waals surface area contributed by atoms with Crippen molar-refractivity contribution in [2.75, 3.05) is 54.1 Å². The van der Waals surface area contributed by atoms with Crippen molar-refractivity contribution in [3.8, 4) is 0 Å². The van der Waals surface area contributed by atoms with Gasteiger partial charge in [-0.3, -0.25) is 9.36 Å². The lowest BCUT2D eigenvalue weighted by molar-refractivity contribution is -0.870. The van der Waals surface area contributed by atoms with Crippen LogP contribution in [0.25, 0.3) is 0 Å². The summed E-state index contributed by atoms with van der Waals surface area (Å²) in [6, 6.07) is 0. The summed E-state index contributed by atoms with van der Waals surface area (Å²) in [5.41, 5.74) is 0. The molecule has 0 saturated heterocycles. The topological polar surface area (TPSA) is 94.1 Å². The van der Waals surface area contributed by atoms with E-state index in [2.05, 4.69) is 74.6 Å². The molecule has 0 N–H and O–H groups in total. The first-order chi connectivity index (χ1) is 28.1. The highest BCUT2D eigenvalue weighted by atomic mass is 31.2. The molecule has 0 aliphatic heterocycles. The normalized spacial score (nSPS) is 14.2. The first-order valence-electron chi connectivity index (χ1n) is 23.5. The van der Waals surface area contributed by atoms with Gasteiger partial charge in [-0.15, -0.1) is 0 Å². The third kappa shape index (κ3) is 45.3. The van der Waals surface area contributed by atoms with Gasteiger partial charge in [0.15, 0.2) is 0 Å². The molecule has 0 bridgehead atoms. The lowest BCUT2D eigenvalue weighted by Gasteiger charge is -2.28. The molecule has 0 aliphatic rings. The van der Waals surface area contributed by atoms with Gasteiger partial charge in [-0.25, -0.2) is 0 Å². The van der Waals surface area contributed by atoms with Crippen LogP contribution in [0.5, 0.6) is 0 Å². The summed E-state index contributed by atoms with van der Waals surface area (Å²) in [6.07, 6.45) is 52.3. The number of quaternary nitrogens is 1. The molecule has 0 heterocycles. The smallest absolute Gasteiger partial charge is 0.306 e. The predicted octanol–water partition coefficient (Wildman–Crippen LogP) is 13.5. The molecule has 338 valence electrons. The predicted molar refractivity (Wildman–Crippen MR) is 245 cm³/mol. The van der Waals surface area contributed by atoms with Gasteiger partial charge in [0, 0.05) is 13.0 Å². The zero-order chi connectivity index (χ0) is 42.7. The molecule has 0 rings (SSSR count). The summed E-state index contributed by atoms with van der Waals surface area (Å²) in [4.78, 5) is 25.1. The number of nitrogens with zero attached hydrogens (tertiary/aromatic N) is 1. The molecule has 2 atom stereocenters. The number of carbonyl (C=O) groups is 1. The van der Waals surface area contributed by atoms with Gasteiger partial charge < -0.3 is 27.9 Å². The van der Waals surface area contributed by atoms with Crippen molar-refractivity contribution in [3.63, 3.8) is 0 Å². The van der Waals surface area contributed by atoms with Gasteiger partial charge >= 0.3 is 5.97 Å². The summed E-state index contributed by atoms with van der Waals surface area (Å²) in [5.74, 6) is -0.352. The van der Waals surface area contributed by atoms with E-state index in [1.165, 1.54) is 89.9 Å². The highest BCUT2D eigenvalue weighted by Gasteiger charge is 2.20. The Bertz CT molecular complexity index is 1110. The van der Waals surface area contributed by atoms with Gasteiger partial charge in [0.05, 0.1) is 34.4 Å². The van der Waals surface area contributed by atoms with Crippen LogP contribution in [0.2, 0.25) is 0 Å². The Morgan fingerprint density at radius 3 is 1.47 bits per heavy atom. The SMILES string of the molecule is CCCC/C=C\C/C=C\CCCCCCCCOCC(COP(=O)([O-])OCC[N+](C)(C)C)OC(=O)CCCCCCCC/C=C\C/C=C\C/C=C\CCCCCCC. The van der Waals surface area contributed by atoms with Crippen LogP contribution in [0, 0.1) is 0 Å². The zero-order valence-electron chi connectivity index (χ0n) is 38.2. The number of phosphoric ester groups is 1. The molecule has 0 aromatic carbocycles. The third-order valence-corrected chi connectivity index (χ3v) is 10.8. The van der Waals surface area contributed by atoms with Crippen LogP contribution in [-0.2, 0) is 27.9 Å². The number of likely N-dealkylation sites (N-methyl/N-ethyl adjacent to an activating group) is 1. The standard InChI is InChI=1S/C49H90NO7P/c1-6-8-10-12-14-16-18-20-22-23-24-25-26-27-28-30-32-34-36-38-40-42-49(51)57-48(47-56-58(52,53)55-45-43-50(3,4)5)46-54-44-41-39-37-35-33-31-29-21-19-17-15-13-11-9-7-2/h13,15,18-21,23-24,26-27,48H,6-12,14,16-17,22,25,28-47H2,1-5H3/b15-13-,20-18-,21-19-,24-23-,27-26-. The maximum atomic E-state index is 12.7. The van der Waals surface area contributed by atoms with Crippen molar-refractivity contribution >= 4 is 13.8 Å². The number of rotatable bonds is 43. The zero-order valence-corrected chi connectivity index (χ0v) is 39.1. The van der Waals surface area contributed by atoms with Gasteiger partial charge in [0.1, 0.15) is 19.3 Å². The molecule has 0 fully saturated rings. The molecule has 9 heteroatoms. The van der Waals surface area contributed by atoms with E-state index in [1.54, 1.807) is 0 Å². The minimum atomic E-state index is -4.54. The number of ether oxygens (including phenoxy) is 2. The van der Waals surface area contributed by atoms with Crippen molar-refractivity contribution in [1.82, 2.24) is 0 Å². The molecular formula is C49H90NO7P. The third-order valence-electron chi connectivity index (χ3n) is 9.79.